The first kappa shape index (κ1) is 10.6. The van der Waals surface area contributed by atoms with E-state index in [0.717, 1.165) is 0 Å². The van der Waals surface area contributed by atoms with Crippen molar-refractivity contribution in [1.82, 2.24) is 0 Å². The van der Waals surface area contributed by atoms with E-state index in [4.69, 9.17) is 16.8 Å². The van der Waals surface area contributed by atoms with Crippen LogP contribution in [0.15, 0.2) is 5.16 Å². The second-order valence-corrected chi connectivity index (χ2v) is 3.07. The van der Waals surface area contributed by atoms with Gasteiger partial charge in [0.25, 0.3) is 6.43 Å². The number of halogens is 3. The Bertz CT molecular complexity index is 159. The van der Waals surface area contributed by atoms with Crippen LogP contribution in [0.25, 0.3) is 0 Å². The lowest BCUT2D eigenvalue weighted by Crippen LogP contribution is -2.31. The average Bonchev–Trinajstić information content (AvgIpc) is 1.88. The number of rotatable bonds is 3. The van der Waals surface area contributed by atoms with E-state index in [1.165, 1.54) is 13.8 Å². The van der Waals surface area contributed by atoms with Crippen molar-refractivity contribution in [2.24, 2.45) is 10.6 Å². The zero-order valence-corrected chi connectivity index (χ0v) is 7.07. The zero-order valence-electron chi connectivity index (χ0n) is 6.31. The standard InChI is InChI=1S/C6H10ClF2NO/c1-6(2,3-7)4(10-11)5(8)9/h5,11H,3H2,1-2H3/b10-4-. The fourth-order valence-electron chi connectivity index (χ4n) is 0.543. The van der Waals surface area contributed by atoms with E-state index < -0.39 is 17.6 Å². The molecule has 0 saturated heterocycles. The molecular formula is C6H10ClF2NO. The Morgan fingerprint density at radius 3 is 2.18 bits per heavy atom. The van der Waals surface area contributed by atoms with Crippen LogP contribution in [0.5, 0.6) is 0 Å². The van der Waals surface area contributed by atoms with Gasteiger partial charge in [0.2, 0.25) is 0 Å². The normalized spacial score (nSPS) is 14.2. The molecule has 2 nitrogen and oxygen atoms in total. The summed E-state index contributed by atoms with van der Waals surface area (Å²) < 4.78 is 24.1. The molecule has 0 aliphatic heterocycles. The smallest absolute Gasteiger partial charge is 0.280 e. The monoisotopic (exact) mass is 185 g/mol. The average molecular weight is 186 g/mol. The van der Waals surface area contributed by atoms with Gasteiger partial charge >= 0.3 is 0 Å². The Hall–Kier alpha value is -0.380. The first-order valence-corrected chi connectivity index (χ1v) is 3.55. The van der Waals surface area contributed by atoms with Crippen molar-refractivity contribution in [3.8, 4) is 0 Å². The molecule has 0 rings (SSSR count). The molecule has 0 unspecified atom stereocenters. The van der Waals surface area contributed by atoms with Gasteiger partial charge in [-0.3, -0.25) is 0 Å². The minimum absolute atomic E-state index is 0.00324. The van der Waals surface area contributed by atoms with Gasteiger partial charge < -0.3 is 5.21 Å². The van der Waals surface area contributed by atoms with Crippen molar-refractivity contribution in [2.75, 3.05) is 5.88 Å². The Kier molecular flexibility index (Phi) is 3.72. The van der Waals surface area contributed by atoms with Crippen LogP contribution in [0.2, 0.25) is 0 Å². The lowest BCUT2D eigenvalue weighted by atomic mass is 9.90. The molecule has 0 amide bonds. The highest BCUT2D eigenvalue weighted by Gasteiger charge is 2.31. The Morgan fingerprint density at radius 2 is 2.09 bits per heavy atom. The third kappa shape index (κ3) is 2.61. The van der Waals surface area contributed by atoms with Crippen molar-refractivity contribution in [1.29, 1.82) is 0 Å². The molecule has 0 aromatic rings. The van der Waals surface area contributed by atoms with Gasteiger partial charge in [0.1, 0.15) is 5.71 Å². The second kappa shape index (κ2) is 3.85. The highest BCUT2D eigenvalue weighted by Crippen LogP contribution is 2.23. The first-order chi connectivity index (χ1) is 4.95. The molecule has 5 heteroatoms. The quantitative estimate of drug-likeness (QED) is 0.311. The van der Waals surface area contributed by atoms with E-state index in [-0.39, 0.29) is 5.88 Å². The number of nitrogens with zero attached hydrogens (tertiary/aromatic N) is 1. The molecule has 0 aliphatic rings. The number of hydrogen-bond donors (Lipinski definition) is 1. The van der Waals surface area contributed by atoms with E-state index in [0.29, 0.717) is 0 Å². The van der Waals surface area contributed by atoms with Gasteiger partial charge in [-0.1, -0.05) is 19.0 Å². The van der Waals surface area contributed by atoms with Crippen LogP contribution < -0.4 is 0 Å². The lowest BCUT2D eigenvalue weighted by Gasteiger charge is -2.21. The summed E-state index contributed by atoms with van der Waals surface area (Å²) in [4.78, 5) is 0. The van der Waals surface area contributed by atoms with Gasteiger partial charge in [-0.25, -0.2) is 8.78 Å². The summed E-state index contributed by atoms with van der Waals surface area (Å²) in [6, 6.07) is 0. The molecule has 0 fully saturated rings. The molecule has 66 valence electrons. The third-order valence-corrected chi connectivity index (χ3v) is 2.01. The van der Waals surface area contributed by atoms with Crippen LogP contribution in [0.1, 0.15) is 13.8 Å². The Morgan fingerprint density at radius 1 is 1.64 bits per heavy atom. The van der Waals surface area contributed by atoms with Gasteiger partial charge in [0.05, 0.1) is 0 Å². The molecule has 1 N–H and O–H groups in total. The molecular weight excluding hydrogens is 176 g/mol. The SMILES string of the molecule is CC(C)(CCl)/C(=N\O)C(F)F. The number of alkyl halides is 3. The summed E-state index contributed by atoms with van der Waals surface area (Å²) >= 11 is 5.39. The van der Waals surface area contributed by atoms with Gasteiger partial charge in [0, 0.05) is 11.3 Å². The molecule has 0 aromatic carbocycles. The zero-order chi connectivity index (χ0) is 9.07. The maximum absolute atomic E-state index is 12.0. The summed E-state index contributed by atoms with van der Waals surface area (Å²) in [5, 5.41) is 10.7. The topological polar surface area (TPSA) is 32.6 Å². The summed E-state index contributed by atoms with van der Waals surface area (Å²) in [6.45, 7) is 2.97. The molecule has 0 atom stereocenters. The van der Waals surface area contributed by atoms with Crippen LogP contribution in [0.4, 0.5) is 8.78 Å². The number of oxime groups is 1. The van der Waals surface area contributed by atoms with E-state index in [1.54, 1.807) is 0 Å². The minimum Gasteiger partial charge on any atom is -0.411 e. The fourth-order valence-corrected chi connectivity index (χ4v) is 0.680. The maximum Gasteiger partial charge on any atom is 0.280 e. The highest BCUT2D eigenvalue weighted by atomic mass is 35.5. The van der Waals surface area contributed by atoms with Gasteiger partial charge in [-0.15, -0.1) is 11.6 Å². The van der Waals surface area contributed by atoms with E-state index in [1.807, 2.05) is 0 Å². The molecule has 0 spiro atoms. The Balaban J connectivity index is 4.52. The minimum atomic E-state index is -2.76. The Labute approximate surface area is 68.8 Å². The predicted molar refractivity (Wildman–Crippen MR) is 39.7 cm³/mol. The van der Waals surface area contributed by atoms with Gasteiger partial charge in [-0.2, -0.15) is 0 Å². The summed E-state index contributed by atoms with van der Waals surface area (Å²) in [6.07, 6.45) is -2.76. The summed E-state index contributed by atoms with van der Waals surface area (Å²) in [7, 11) is 0. The number of hydrogen-bond acceptors (Lipinski definition) is 2. The lowest BCUT2D eigenvalue weighted by molar-refractivity contribution is 0.199. The van der Waals surface area contributed by atoms with Crippen molar-refractivity contribution in [3.05, 3.63) is 0 Å². The molecule has 0 heterocycles. The van der Waals surface area contributed by atoms with E-state index >= 15 is 0 Å². The first-order valence-electron chi connectivity index (χ1n) is 3.02. The van der Waals surface area contributed by atoms with Crippen molar-refractivity contribution >= 4 is 17.3 Å². The van der Waals surface area contributed by atoms with Crippen molar-refractivity contribution < 1.29 is 14.0 Å². The molecule has 0 saturated carbocycles. The molecule has 0 radical (unpaired) electrons. The van der Waals surface area contributed by atoms with Crippen LogP contribution in [0.3, 0.4) is 0 Å². The summed E-state index contributed by atoms with van der Waals surface area (Å²) in [5.41, 5.74) is -1.53. The molecule has 0 bridgehead atoms. The van der Waals surface area contributed by atoms with Crippen LogP contribution >= 0.6 is 11.6 Å². The summed E-state index contributed by atoms with van der Waals surface area (Å²) in [5.74, 6) is -0.00324. The van der Waals surface area contributed by atoms with Gasteiger partial charge in [-0.05, 0) is 0 Å². The van der Waals surface area contributed by atoms with Crippen molar-refractivity contribution in [3.63, 3.8) is 0 Å². The largest absolute Gasteiger partial charge is 0.411 e. The predicted octanol–water partition coefficient (Wildman–Crippen LogP) is 2.35. The third-order valence-electron chi connectivity index (χ3n) is 1.34. The molecule has 11 heavy (non-hydrogen) atoms. The highest BCUT2D eigenvalue weighted by molar-refractivity contribution is 6.20. The fraction of sp³-hybridized carbons (Fsp3) is 0.833. The molecule has 0 aromatic heterocycles. The van der Waals surface area contributed by atoms with Crippen LogP contribution in [-0.4, -0.2) is 23.2 Å². The second-order valence-electron chi connectivity index (χ2n) is 2.80. The van der Waals surface area contributed by atoms with Gasteiger partial charge in [0.15, 0.2) is 0 Å². The maximum atomic E-state index is 12.0. The van der Waals surface area contributed by atoms with Crippen molar-refractivity contribution in [2.45, 2.75) is 20.3 Å². The van der Waals surface area contributed by atoms with Crippen LogP contribution in [-0.2, 0) is 0 Å². The van der Waals surface area contributed by atoms with Crippen LogP contribution in [0, 0.1) is 5.41 Å². The van der Waals surface area contributed by atoms with E-state index in [9.17, 15) is 8.78 Å². The van der Waals surface area contributed by atoms with E-state index in [2.05, 4.69) is 5.16 Å². The molecule has 0 aliphatic carbocycles.